The number of benzene rings is 2. The number of halogens is 2. The molecule has 0 atom stereocenters. The number of hydrogen-bond acceptors (Lipinski definition) is 2. The van der Waals surface area contributed by atoms with Crippen LogP contribution >= 0.6 is 23.2 Å². The van der Waals surface area contributed by atoms with E-state index in [0.717, 1.165) is 16.9 Å². The minimum Gasteiger partial charge on any atom is -0.323 e. The lowest BCUT2D eigenvalue weighted by Crippen LogP contribution is -2.15. The van der Waals surface area contributed by atoms with Crippen LogP contribution in [0, 0.1) is 0 Å². The van der Waals surface area contributed by atoms with Gasteiger partial charge in [0.15, 0.2) is 5.78 Å². The van der Waals surface area contributed by atoms with Crippen molar-refractivity contribution in [1.29, 1.82) is 0 Å². The Morgan fingerprint density at radius 1 is 1.14 bits per heavy atom. The van der Waals surface area contributed by atoms with Gasteiger partial charge in [0.1, 0.15) is 5.82 Å². The third-order valence-electron chi connectivity index (χ3n) is 3.80. The highest BCUT2D eigenvalue weighted by Crippen LogP contribution is 2.38. The van der Waals surface area contributed by atoms with Gasteiger partial charge in [0, 0.05) is 18.5 Å². The number of aromatic nitrogens is 2. The number of nitrogens with zero attached hydrogens (tertiary/aromatic N) is 2. The normalized spacial score (nSPS) is 13.9. The Morgan fingerprint density at radius 3 is 2.67 bits per heavy atom. The van der Waals surface area contributed by atoms with Crippen molar-refractivity contribution in [3.8, 4) is 11.4 Å². The summed E-state index contributed by atoms with van der Waals surface area (Å²) in [4.78, 5) is 16.9. The second kappa shape index (κ2) is 4.58. The lowest BCUT2D eigenvalue weighted by Gasteiger charge is -2.17. The standard InChI is InChI=1S/C16H10Cl2N2O/c17-10-8-11-15-13(14(10)18)12(21)6-7-20(15)16(19-11)9-4-2-1-3-5-9/h1-5,8H,6-7H2. The number of hydrogen-bond donors (Lipinski definition) is 0. The zero-order valence-corrected chi connectivity index (χ0v) is 12.4. The van der Waals surface area contributed by atoms with Crippen LogP contribution in [0.1, 0.15) is 16.8 Å². The van der Waals surface area contributed by atoms with E-state index in [2.05, 4.69) is 9.55 Å². The second-order valence-corrected chi connectivity index (χ2v) is 5.83. The highest BCUT2D eigenvalue weighted by atomic mass is 35.5. The van der Waals surface area contributed by atoms with Gasteiger partial charge in [-0.3, -0.25) is 4.79 Å². The van der Waals surface area contributed by atoms with Crippen molar-refractivity contribution in [2.45, 2.75) is 13.0 Å². The Morgan fingerprint density at radius 2 is 1.90 bits per heavy atom. The summed E-state index contributed by atoms with van der Waals surface area (Å²) >= 11 is 12.4. The molecule has 0 N–H and O–H groups in total. The fourth-order valence-corrected chi connectivity index (χ4v) is 3.31. The highest BCUT2D eigenvalue weighted by molar-refractivity contribution is 6.45. The fraction of sp³-hybridized carbons (Fsp3) is 0.125. The van der Waals surface area contributed by atoms with Crippen molar-refractivity contribution in [1.82, 2.24) is 9.55 Å². The largest absolute Gasteiger partial charge is 0.323 e. The Hall–Kier alpha value is -1.84. The second-order valence-electron chi connectivity index (χ2n) is 5.04. The van der Waals surface area contributed by atoms with Crippen LogP contribution in [0.5, 0.6) is 0 Å². The number of aryl methyl sites for hydroxylation is 1. The zero-order chi connectivity index (χ0) is 14.6. The summed E-state index contributed by atoms with van der Waals surface area (Å²) in [5.41, 5.74) is 3.02. The summed E-state index contributed by atoms with van der Waals surface area (Å²) in [6.07, 6.45) is 0.415. The summed E-state index contributed by atoms with van der Waals surface area (Å²) < 4.78 is 2.06. The van der Waals surface area contributed by atoms with Crippen LogP contribution in [0.2, 0.25) is 10.0 Å². The molecule has 1 aliphatic heterocycles. The molecule has 0 bridgehead atoms. The summed E-state index contributed by atoms with van der Waals surface area (Å²) in [5, 5.41) is 0.702. The Kier molecular flexibility index (Phi) is 2.81. The molecular formula is C16H10Cl2N2O. The number of Topliss-reactive ketones (excluding diaryl/α,β-unsaturated/α-hetero) is 1. The molecule has 104 valence electrons. The maximum atomic E-state index is 12.2. The SMILES string of the molecule is O=C1CCn2c(-c3ccccc3)nc3cc(Cl)c(Cl)c1c32. The molecule has 1 aliphatic rings. The monoisotopic (exact) mass is 316 g/mol. The topological polar surface area (TPSA) is 34.9 Å². The first kappa shape index (κ1) is 12.9. The van der Waals surface area contributed by atoms with Crippen molar-refractivity contribution >= 4 is 40.0 Å². The Labute approximate surface area is 131 Å². The van der Waals surface area contributed by atoms with Crippen LogP contribution in [0.15, 0.2) is 36.4 Å². The molecule has 21 heavy (non-hydrogen) atoms. The van der Waals surface area contributed by atoms with E-state index in [0.29, 0.717) is 34.1 Å². The van der Waals surface area contributed by atoms with Crippen molar-refractivity contribution in [2.24, 2.45) is 0 Å². The van der Waals surface area contributed by atoms with Gasteiger partial charge in [-0.15, -0.1) is 0 Å². The van der Waals surface area contributed by atoms with E-state index >= 15 is 0 Å². The minimum atomic E-state index is 0.0273. The number of ketones is 1. The number of carbonyl (C=O) groups excluding carboxylic acids is 1. The van der Waals surface area contributed by atoms with Crippen LogP contribution in [0.25, 0.3) is 22.4 Å². The van der Waals surface area contributed by atoms with Crippen LogP contribution in [0.3, 0.4) is 0 Å². The zero-order valence-electron chi connectivity index (χ0n) is 10.9. The molecule has 4 rings (SSSR count). The fourth-order valence-electron chi connectivity index (χ4n) is 2.86. The molecule has 2 aromatic carbocycles. The third kappa shape index (κ3) is 1.81. The molecule has 0 fully saturated rings. The Bertz CT molecular complexity index is 884. The summed E-state index contributed by atoms with van der Waals surface area (Å²) in [7, 11) is 0. The van der Waals surface area contributed by atoms with Gasteiger partial charge < -0.3 is 4.57 Å². The first-order chi connectivity index (χ1) is 10.2. The molecule has 0 unspecified atom stereocenters. The number of carbonyl (C=O) groups is 1. The van der Waals surface area contributed by atoms with E-state index in [4.69, 9.17) is 23.2 Å². The number of rotatable bonds is 1. The van der Waals surface area contributed by atoms with Gasteiger partial charge in [-0.05, 0) is 6.07 Å². The first-order valence-corrected chi connectivity index (χ1v) is 7.39. The molecule has 0 radical (unpaired) electrons. The third-order valence-corrected chi connectivity index (χ3v) is 4.58. The molecule has 2 heterocycles. The Balaban J connectivity index is 2.12. The predicted octanol–water partition coefficient (Wildman–Crippen LogP) is 4.60. The van der Waals surface area contributed by atoms with Crippen molar-refractivity contribution in [2.75, 3.05) is 0 Å². The smallest absolute Gasteiger partial charge is 0.168 e. The van der Waals surface area contributed by atoms with E-state index in [1.165, 1.54) is 0 Å². The lowest BCUT2D eigenvalue weighted by molar-refractivity contribution is 0.0973. The average Bonchev–Trinajstić information content (AvgIpc) is 2.86. The maximum Gasteiger partial charge on any atom is 0.168 e. The van der Waals surface area contributed by atoms with Gasteiger partial charge in [0.25, 0.3) is 0 Å². The van der Waals surface area contributed by atoms with Crippen LogP contribution in [-0.2, 0) is 6.54 Å². The summed E-state index contributed by atoms with van der Waals surface area (Å²) in [6, 6.07) is 11.6. The van der Waals surface area contributed by atoms with Gasteiger partial charge in [-0.25, -0.2) is 4.98 Å². The van der Waals surface area contributed by atoms with Gasteiger partial charge >= 0.3 is 0 Å². The van der Waals surface area contributed by atoms with Gasteiger partial charge in [0.2, 0.25) is 0 Å². The van der Waals surface area contributed by atoms with Crippen molar-refractivity contribution in [3.05, 3.63) is 52.0 Å². The van der Waals surface area contributed by atoms with E-state index in [1.807, 2.05) is 30.3 Å². The van der Waals surface area contributed by atoms with Crippen LogP contribution in [0.4, 0.5) is 0 Å². The molecule has 0 amide bonds. The van der Waals surface area contributed by atoms with E-state index in [1.54, 1.807) is 6.07 Å². The highest BCUT2D eigenvalue weighted by Gasteiger charge is 2.27. The summed E-state index contributed by atoms with van der Waals surface area (Å²) in [5.74, 6) is 0.872. The molecule has 3 aromatic rings. The molecule has 0 saturated carbocycles. The molecule has 0 aliphatic carbocycles. The molecular weight excluding hydrogens is 307 g/mol. The van der Waals surface area contributed by atoms with Gasteiger partial charge in [-0.2, -0.15) is 0 Å². The molecule has 5 heteroatoms. The van der Waals surface area contributed by atoms with Gasteiger partial charge in [0.05, 0.1) is 26.6 Å². The average molecular weight is 317 g/mol. The minimum absolute atomic E-state index is 0.0273. The quantitative estimate of drug-likeness (QED) is 0.657. The predicted molar refractivity (Wildman–Crippen MR) is 84.1 cm³/mol. The first-order valence-electron chi connectivity index (χ1n) is 6.63. The molecule has 3 nitrogen and oxygen atoms in total. The molecule has 0 saturated heterocycles. The van der Waals surface area contributed by atoms with Crippen molar-refractivity contribution in [3.63, 3.8) is 0 Å². The lowest BCUT2D eigenvalue weighted by atomic mass is 10.0. The van der Waals surface area contributed by atoms with Crippen LogP contribution in [-0.4, -0.2) is 15.3 Å². The van der Waals surface area contributed by atoms with E-state index in [-0.39, 0.29) is 5.78 Å². The maximum absolute atomic E-state index is 12.2. The van der Waals surface area contributed by atoms with Crippen LogP contribution < -0.4 is 0 Å². The summed E-state index contributed by atoms with van der Waals surface area (Å²) in [6.45, 7) is 0.616. The molecule has 0 spiro atoms. The number of imidazole rings is 1. The van der Waals surface area contributed by atoms with E-state index < -0.39 is 0 Å². The molecule has 1 aromatic heterocycles. The van der Waals surface area contributed by atoms with Crippen molar-refractivity contribution < 1.29 is 4.79 Å². The van der Waals surface area contributed by atoms with Gasteiger partial charge in [-0.1, -0.05) is 53.5 Å². The van der Waals surface area contributed by atoms with E-state index in [9.17, 15) is 4.79 Å².